The monoisotopic (exact) mass is 421 g/mol. The first-order valence-electron chi connectivity index (χ1n) is 6.56. The number of halogens is 1. The fourth-order valence-electron chi connectivity index (χ4n) is 2.03. The van der Waals surface area contributed by atoms with Gasteiger partial charge in [-0.25, -0.2) is 21.6 Å². The van der Waals surface area contributed by atoms with Gasteiger partial charge in [0.05, 0.1) is 9.79 Å². The van der Waals surface area contributed by atoms with Gasteiger partial charge in [-0.15, -0.1) is 0 Å². The van der Waals surface area contributed by atoms with E-state index in [1.54, 1.807) is 19.9 Å². The second-order valence-corrected chi connectivity index (χ2v) is 9.73. The maximum absolute atomic E-state index is 12.5. The predicted molar refractivity (Wildman–Crippen MR) is 89.5 cm³/mol. The third-order valence-corrected chi connectivity index (χ3v) is 6.72. The Labute approximate surface area is 144 Å². The predicted octanol–water partition coefficient (Wildman–Crippen LogP) is 2.54. The zero-order valence-corrected chi connectivity index (χ0v) is 16.0. The van der Waals surface area contributed by atoms with E-state index in [9.17, 15) is 16.8 Å². The van der Waals surface area contributed by atoms with E-state index in [0.717, 1.165) is 17.9 Å². The lowest BCUT2D eigenvalue weighted by Gasteiger charge is -2.09. The summed E-state index contributed by atoms with van der Waals surface area (Å²) in [7, 11) is -7.38. The van der Waals surface area contributed by atoms with E-state index in [4.69, 9.17) is 4.42 Å². The molecule has 0 aliphatic rings. The zero-order chi connectivity index (χ0) is 17.4. The molecule has 0 fully saturated rings. The van der Waals surface area contributed by atoms with Gasteiger partial charge in [-0.05, 0) is 54.0 Å². The van der Waals surface area contributed by atoms with Crippen molar-refractivity contribution in [2.75, 3.05) is 6.26 Å². The molecule has 23 heavy (non-hydrogen) atoms. The van der Waals surface area contributed by atoms with Crippen molar-refractivity contribution in [2.45, 2.75) is 30.2 Å². The quantitative estimate of drug-likeness (QED) is 0.800. The van der Waals surface area contributed by atoms with Crippen molar-refractivity contribution in [3.8, 4) is 0 Å². The summed E-state index contributed by atoms with van der Waals surface area (Å²) in [5.74, 6) is 1.33. The van der Waals surface area contributed by atoms with E-state index in [0.29, 0.717) is 11.5 Å². The molecule has 2 aromatic rings. The number of hydrogen-bond acceptors (Lipinski definition) is 5. The molecule has 2 rings (SSSR count). The highest BCUT2D eigenvalue weighted by molar-refractivity contribution is 9.10. The van der Waals surface area contributed by atoms with Crippen LogP contribution in [0.2, 0.25) is 0 Å². The van der Waals surface area contributed by atoms with Crippen LogP contribution in [0.5, 0.6) is 0 Å². The Kier molecular flexibility index (Phi) is 5.05. The van der Waals surface area contributed by atoms with E-state index >= 15 is 0 Å². The summed E-state index contributed by atoms with van der Waals surface area (Å²) in [4.78, 5) is -0.185. The molecule has 1 heterocycles. The van der Waals surface area contributed by atoms with Gasteiger partial charge in [0, 0.05) is 22.8 Å². The summed E-state index contributed by atoms with van der Waals surface area (Å²) in [6, 6.07) is 5.63. The minimum absolute atomic E-state index is 0.0566. The van der Waals surface area contributed by atoms with Crippen molar-refractivity contribution in [2.24, 2.45) is 0 Å². The number of hydrogen-bond donors (Lipinski definition) is 1. The van der Waals surface area contributed by atoms with Crippen LogP contribution < -0.4 is 4.72 Å². The molecule has 0 saturated heterocycles. The molecule has 0 unspecified atom stereocenters. The van der Waals surface area contributed by atoms with Crippen molar-refractivity contribution in [1.82, 2.24) is 4.72 Å². The van der Waals surface area contributed by atoms with Crippen molar-refractivity contribution >= 4 is 35.8 Å². The van der Waals surface area contributed by atoms with Gasteiger partial charge in [0.2, 0.25) is 10.0 Å². The normalized spacial score (nSPS) is 12.5. The summed E-state index contributed by atoms with van der Waals surface area (Å²) in [5, 5.41) is 0. The lowest BCUT2D eigenvalue weighted by atomic mass is 10.2. The standard InChI is InChI=1S/C14H16BrNO5S2/c1-9-6-11(10(2)21-9)8-16-23(19,20)14-7-12(22(3,17)18)4-5-13(14)15/h4-7,16H,8H2,1-3H3. The number of sulfonamides is 1. The second kappa shape index (κ2) is 6.39. The molecule has 0 atom stereocenters. The summed E-state index contributed by atoms with van der Waals surface area (Å²) >= 11 is 3.15. The lowest BCUT2D eigenvalue weighted by Crippen LogP contribution is -2.24. The number of aryl methyl sites for hydroxylation is 2. The molecule has 0 radical (unpaired) electrons. The summed E-state index contributed by atoms with van der Waals surface area (Å²) in [6.45, 7) is 3.58. The van der Waals surface area contributed by atoms with Crippen LogP contribution in [0.15, 0.2) is 42.9 Å². The summed E-state index contributed by atoms with van der Waals surface area (Å²) in [5.41, 5.74) is 0.724. The Morgan fingerprint density at radius 2 is 1.78 bits per heavy atom. The number of sulfone groups is 1. The lowest BCUT2D eigenvalue weighted by molar-refractivity contribution is 0.500. The van der Waals surface area contributed by atoms with Gasteiger partial charge in [-0.1, -0.05) is 0 Å². The molecule has 0 amide bonds. The van der Waals surface area contributed by atoms with Gasteiger partial charge < -0.3 is 4.42 Å². The van der Waals surface area contributed by atoms with Crippen LogP contribution in [0.4, 0.5) is 0 Å². The van der Waals surface area contributed by atoms with Crippen LogP contribution in [0.1, 0.15) is 17.1 Å². The topological polar surface area (TPSA) is 93.5 Å². The summed E-state index contributed by atoms with van der Waals surface area (Å²) in [6.07, 6.45) is 1.03. The highest BCUT2D eigenvalue weighted by atomic mass is 79.9. The van der Waals surface area contributed by atoms with Crippen molar-refractivity contribution in [3.63, 3.8) is 0 Å². The van der Waals surface area contributed by atoms with Gasteiger partial charge in [0.15, 0.2) is 9.84 Å². The third kappa shape index (κ3) is 4.23. The molecule has 0 saturated carbocycles. The Morgan fingerprint density at radius 1 is 1.13 bits per heavy atom. The van der Waals surface area contributed by atoms with Crippen LogP contribution in [0.25, 0.3) is 0 Å². The molecule has 0 bridgehead atoms. The van der Waals surface area contributed by atoms with Gasteiger partial charge >= 0.3 is 0 Å². The van der Waals surface area contributed by atoms with Crippen LogP contribution in [0, 0.1) is 13.8 Å². The van der Waals surface area contributed by atoms with Crippen molar-refractivity contribution < 1.29 is 21.3 Å². The average molecular weight is 422 g/mol. The van der Waals surface area contributed by atoms with E-state index in [-0.39, 0.29) is 20.8 Å². The maximum Gasteiger partial charge on any atom is 0.242 e. The van der Waals surface area contributed by atoms with Crippen LogP contribution in [-0.2, 0) is 26.4 Å². The van der Waals surface area contributed by atoms with Crippen LogP contribution in [0.3, 0.4) is 0 Å². The first kappa shape index (κ1) is 18.2. The molecular formula is C14H16BrNO5S2. The molecule has 9 heteroatoms. The first-order chi connectivity index (χ1) is 10.5. The van der Waals surface area contributed by atoms with Gasteiger partial charge in [-0.3, -0.25) is 0 Å². The number of nitrogens with one attached hydrogen (secondary N) is 1. The molecule has 6 nitrogen and oxygen atoms in total. The Bertz CT molecular complexity index is 946. The molecule has 0 aliphatic heterocycles. The zero-order valence-electron chi connectivity index (χ0n) is 12.8. The van der Waals surface area contributed by atoms with E-state index in [1.165, 1.54) is 12.1 Å². The Morgan fingerprint density at radius 3 is 2.30 bits per heavy atom. The highest BCUT2D eigenvalue weighted by Crippen LogP contribution is 2.25. The molecule has 0 aliphatic carbocycles. The minimum Gasteiger partial charge on any atom is -0.466 e. The van der Waals surface area contributed by atoms with E-state index in [1.807, 2.05) is 0 Å². The first-order valence-corrected chi connectivity index (χ1v) is 10.7. The molecule has 1 N–H and O–H groups in total. The molecule has 1 aromatic carbocycles. The largest absolute Gasteiger partial charge is 0.466 e. The van der Waals surface area contributed by atoms with Crippen molar-refractivity contribution in [1.29, 1.82) is 0 Å². The SMILES string of the molecule is Cc1cc(CNS(=O)(=O)c2cc(S(C)(=O)=O)ccc2Br)c(C)o1. The van der Waals surface area contributed by atoms with Gasteiger partial charge in [-0.2, -0.15) is 0 Å². The average Bonchev–Trinajstić information content (AvgIpc) is 2.74. The smallest absolute Gasteiger partial charge is 0.242 e. The van der Waals surface area contributed by atoms with E-state index in [2.05, 4.69) is 20.7 Å². The van der Waals surface area contributed by atoms with Gasteiger partial charge in [0.1, 0.15) is 11.5 Å². The number of benzene rings is 1. The van der Waals surface area contributed by atoms with Crippen LogP contribution >= 0.6 is 15.9 Å². The van der Waals surface area contributed by atoms with Gasteiger partial charge in [0.25, 0.3) is 0 Å². The number of furan rings is 1. The highest BCUT2D eigenvalue weighted by Gasteiger charge is 2.21. The molecule has 126 valence electrons. The minimum atomic E-state index is -3.88. The van der Waals surface area contributed by atoms with Crippen LogP contribution in [-0.4, -0.2) is 23.1 Å². The molecule has 0 spiro atoms. The number of rotatable bonds is 5. The Hall–Kier alpha value is -1.16. The van der Waals surface area contributed by atoms with Crippen molar-refractivity contribution in [3.05, 3.63) is 45.8 Å². The summed E-state index contributed by atoms with van der Waals surface area (Å²) < 4.78 is 56.2. The second-order valence-electron chi connectivity index (χ2n) is 5.13. The fraction of sp³-hybridized carbons (Fsp3) is 0.286. The third-order valence-electron chi connectivity index (χ3n) is 3.22. The molecular weight excluding hydrogens is 406 g/mol. The fourth-order valence-corrected chi connectivity index (χ4v) is 4.75. The maximum atomic E-state index is 12.5. The molecule has 1 aromatic heterocycles. The van der Waals surface area contributed by atoms with E-state index < -0.39 is 19.9 Å². The Balaban J connectivity index is 2.34.